The van der Waals surface area contributed by atoms with Gasteiger partial charge in [-0.15, -0.1) is 0 Å². The lowest BCUT2D eigenvalue weighted by Crippen LogP contribution is -2.25. The van der Waals surface area contributed by atoms with Crippen molar-refractivity contribution >= 4 is 24.9 Å². The van der Waals surface area contributed by atoms with Crippen LogP contribution in [0.4, 0.5) is 13.2 Å². The van der Waals surface area contributed by atoms with Crippen molar-refractivity contribution in [3.63, 3.8) is 0 Å². The average molecular weight is 299 g/mol. The van der Waals surface area contributed by atoms with E-state index in [1.807, 2.05) is 0 Å². The predicted octanol–water partition coefficient (Wildman–Crippen LogP) is 2.08. The minimum atomic E-state index is -4.47. The van der Waals surface area contributed by atoms with Gasteiger partial charge in [-0.25, -0.2) is 0 Å². The zero-order chi connectivity index (χ0) is 15.1. The summed E-state index contributed by atoms with van der Waals surface area (Å²) in [7, 11) is 1.49. The van der Waals surface area contributed by atoms with Crippen LogP contribution in [0.15, 0.2) is 35.3 Å². The van der Waals surface area contributed by atoms with Gasteiger partial charge in [-0.05, 0) is 18.6 Å². The maximum Gasteiger partial charge on any atom is 0.416 e. The number of hydrogen-bond donors (Lipinski definition) is 0. The highest BCUT2D eigenvalue weighted by atomic mass is 35.5. The van der Waals surface area contributed by atoms with E-state index in [2.05, 4.69) is 0 Å². The number of aryl methyl sites for hydroxylation is 1. The van der Waals surface area contributed by atoms with E-state index < -0.39 is 11.7 Å². The zero-order valence-corrected chi connectivity index (χ0v) is 11.5. The maximum absolute atomic E-state index is 12.7. The van der Waals surface area contributed by atoms with Crippen molar-refractivity contribution in [1.82, 2.24) is 4.57 Å². The first-order valence-electron chi connectivity index (χ1n) is 5.77. The predicted molar refractivity (Wildman–Crippen MR) is 75.0 cm³/mol. The highest BCUT2D eigenvalue weighted by molar-refractivity contribution is 6.40. The van der Waals surface area contributed by atoms with Crippen molar-refractivity contribution in [1.29, 1.82) is 0 Å². The highest BCUT2D eigenvalue weighted by Gasteiger charge is 2.31. The smallest absolute Gasteiger partial charge is 0.283 e. The van der Waals surface area contributed by atoms with Gasteiger partial charge in [0.1, 0.15) is 7.85 Å². The molecule has 0 unspecified atom stereocenters. The Morgan fingerprint density at radius 2 is 1.90 bits per heavy atom. The summed E-state index contributed by atoms with van der Waals surface area (Å²) in [6, 6.07) is 4.80. The summed E-state index contributed by atoms with van der Waals surface area (Å²) in [4.78, 5) is 11.8. The molecule has 20 heavy (non-hydrogen) atoms. The van der Waals surface area contributed by atoms with Gasteiger partial charge in [0.2, 0.25) is 0 Å². The van der Waals surface area contributed by atoms with Crippen LogP contribution in [0.1, 0.15) is 11.1 Å². The minimum absolute atomic E-state index is 0.106. The summed E-state index contributed by atoms with van der Waals surface area (Å²) in [6.45, 7) is 1.78. The van der Waals surface area contributed by atoms with Gasteiger partial charge in [-0.2, -0.15) is 13.2 Å². The molecule has 7 heteroatoms. The van der Waals surface area contributed by atoms with Crippen molar-refractivity contribution in [3.05, 3.63) is 57.0 Å². The monoisotopic (exact) mass is 299 g/mol. The second-order valence-corrected chi connectivity index (χ2v) is 4.94. The summed E-state index contributed by atoms with van der Waals surface area (Å²) in [6.07, 6.45) is -2.92. The second kappa shape index (κ2) is 5.02. The Balaban J connectivity index is 2.71. The lowest BCUT2D eigenvalue weighted by Gasteiger charge is -2.15. The van der Waals surface area contributed by atoms with E-state index in [1.54, 1.807) is 19.2 Å². The molecule has 104 valence electrons. The fourth-order valence-electron chi connectivity index (χ4n) is 1.97. The van der Waals surface area contributed by atoms with Crippen LogP contribution in [0.25, 0.3) is 5.69 Å². The Labute approximate surface area is 119 Å². The highest BCUT2D eigenvalue weighted by Crippen LogP contribution is 2.31. The maximum atomic E-state index is 12.7. The topological polar surface area (TPSA) is 22.0 Å². The quantitative estimate of drug-likeness (QED) is 0.739. The summed E-state index contributed by atoms with van der Waals surface area (Å²) < 4.78 is 39.4. The number of hydrogen-bond acceptors (Lipinski definition) is 1. The van der Waals surface area contributed by atoms with Crippen LogP contribution in [0, 0.1) is 6.92 Å². The third-order valence-electron chi connectivity index (χ3n) is 2.88. The summed E-state index contributed by atoms with van der Waals surface area (Å²) in [5.41, 5.74) is 0.190. The fraction of sp³-hybridized carbons (Fsp3) is 0.154. The number of rotatable bonds is 1. The molecule has 1 heterocycles. The molecule has 1 aromatic heterocycles. The molecule has 0 saturated carbocycles. The van der Waals surface area contributed by atoms with Crippen molar-refractivity contribution < 1.29 is 13.2 Å². The van der Waals surface area contributed by atoms with Gasteiger partial charge in [-0.3, -0.25) is 9.36 Å². The molecule has 2 aromatic rings. The lowest BCUT2D eigenvalue weighted by atomic mass is 9.91. The Morgan fingerprint density at radius 1 is 1.25 bits per heavy atom. The lowest BCUT2D eigenvalue weighted by molar-refractivity contribution is -0.137. The summed E-state index contributed by atoms with van der Waals surface area (Å²) in [5, 5.41) is -0.106. The van der Waals surface area contributed by atoms with Gasteiger partial charge in [0, 0.05) is 12.3 Å². The van der Waals surface area contributed by atoms with Crippen molar-refractivity contribution in [2.75, 3.05) is 0 Å². The molecule has 0 amide bonds. The second-order valence-electron chi connectivity index (χ2n) is 4.54. The van der Waals surface area contributed by atoms with Crippen molar-refractivity contribution in [3.8, 4) is 5.69 Å². The fourth-order valence-corrected chi connectivity index (χ4v) is 2.33. The van der Waals surface area contributed by atoms with Gasteiger partial charge in [-0.1, -0.05) is 29.2 Å². The van der Waals surface area contributed by atoms with Crippen LogP contribution in [0.3, 0.4) is 0 Å². The zero-order valence-electron chi connectivity index (χ0n) is 10.8. The molecule has 0 atom stereocenters. The first kappa shape index (κ1) is 14.7. The number of benzene rings is 1. The molecular formula is C13H10BClF3NO. The number of aromatic nitrogens is 1. The Bertz CT molecular complexity index is 701. The SMILES string of the molecule is Bc1cc(C(F)(F)F)cc(Cl)c1-n1cc(C)ccc1=O. The van der Waals surface area contributed by atoms with Crippen molar-refractivity contribution in [2.45, 2.75) is 13.1 Å². The van der Waals surface area contributed by atoms with Gasteiger partial charge in [0.05, 0.1) is 16.3 Å². The molecular weight excluding hydrogens is 289 g/mol. The summed E-state index contributed by atoms with van der Waals surface area (Å²) in [5.74, 6) is 0. The van der Waals surface area contributed by atoms with Gasteiger partial charge in [0.25, 0.3) is 5.56 Å². The van der Waals surface area contributed by atoms with Crippen molar-refractivity contribution in [2.24, 2.45) is 0 Å². The van der Waals surface area contributed by atoms with Crippen LogP contribution >= 0.6 is 11.6 Å². The van der Waals surface area contributed by atoms with Crippen LogP contribution in [-0.4, -0.2) is 12.4 Å². The van der Waals surface area contributed by atoms with E-state index in [4.69, 9.17) is 11.6 Å². The van der Waals surface area contributed by atoms with E-state index >= 15 is 0 Å². The first-order valence-corrected chi connectivity index (χ1v) is 6.15. The number of nitrogens with zero attached hydrogens (tertiary/aromatic N) is 1. The Morgan fingerprint density at radius 3 is 2.45 bits per heavy atom. The van der Waals surface area contributed by atoms with E-state index in [1.165, 1.54) is 18.5 Å². The molecule has 0 N–H and O–H groups in total. The molecule has 0 aliphatic rings. The first-order chi connectivity index (χ1) is 9.20. The Kier molecular flexibility index (Phi) is 3.69. The van der Waals surface area contributed by atoms with E-state index in [9.17, 15) is 18.0 Å². The van der Waals surface area contributed by atoms with E-state index in [0.717, 1.165) is 17.7 Å². The molecule has 0 fully saturated rings. The van der Waals surface area contributed by atoms with Crippen LogP contribution in [0.5, 0.6) is 0 Å². The molecule has 0 bridgehead atoms. The van der Waals surface area contributed by atoms with Gasteiger partial charge in [0.15, 0.2) is 0 Å². The molecule has 2 rings (SSSR count). The van der Waals surface area contributed by atoms with Crippen LogP contribution < -0.4 is 11.0 Å². The molecule has 0 radical (unpaired) electrons. The van der Waals surface area contributed by atoms with Crippen LogP contribution in [0.2, 0.25) is 5.02 Å². The third kappa shape index (κ3) is 2.75. The molecule has 1 aromatic carbocycles. The molecule has 0 aliphatic heterocycles. The van der Waals surface area contributed by atoms with Crippen LogP contribution in [-0.2, 0) is 6.18 Å². The Hall–Kier alpha value is -1.69. The largest absolute Gasteiger partial charge is 0.416 e. The minimum Gasteiger partial charge on any atom is -0.283 e. The average Bonchev–Trinajstić information content (AvgIpc) is 2.31. The molecule has 0 saturated heterocycles. The van der Waals surface area contributed by atoms with E-state index in [0.29, 0.717) is 0 Å². The third-order valence-corrected chi connectivity index (χ3v) is 3.17. The molecule has 0 spiro atoms. The number of halogens is 4. The normalized spacial score (nSPS) is 11.7. The van der Waals surface area contributed by atoms with Gasteiger partial charge >= 0.3 is 6.18 Å². The summed E-state index contributed by atoms with van der Waals surface area (Å²) >= 11 is 5.94. The standard InChI is InChI=1S/C13H10BClF3NO/c1-7-2-3-11(20)19(6-7)12-9(14)4-8(5-10(12)15)13(16,17)18/h2-6H,14H2,1H3. The molecule has 0 aliphatic carbocycles. The van der Waals surface area contributed by atoms with Gasteiger partial charge < -0.3 is 0 Å². The van der Waals surface area contributed by atoms with E-state index in [-0.39, 0.29) is 21.7 Å². The molecule has 2 nitrogen and oxygen atoms in total. The number of pyridine rings is 1. The number of alkyl halides is 3.